The molecule has 0 aliphatic rings. The summed E-state index contributed by atoms with van der Waals surface area (Å²) < 4.78 is 9.48. The van der Waals surface area contributed by atoms with Gasteiger partial charge in [-0.2, -0.15) is 0 Å². The Kier molecular flexibility index (Phi) is 20.7. The van der Waals surface area contributed by atoms with Gasteiger partial charge in [0, 0.05) is 6.42 Å². The van der Waals surface area contributed by atoms with Crippen LogP contribution in [0.1, 0.15) is 110 Å². The third kappa shape index (κ3) is 21.4. The molecule has 1 unspecified atom stereocenters. The van der Waals surface area contributed by atoms with E-state index in [1.54, 1.807) is 0 Å². The number of aliphatic hydroxyl groups is 2. The zero-order chi connectivity index (χ0) is 21.6. The third-order valence-electron chi connectivity index (χ3n) is 4.98. The van der Waals surface area contributed by atoms with Crippen LogP contribution >= 0.6 is 0 Å². The molecule has 29 heavy (non-hydrogen) atoms. The molecule has 0 aliphatic heterocycles. The molecule has 0 heterocycles. The van der Waals surface area contributed by atoms with E-state index in [1.807, 2.05) is 0 Å². The number of rotatable bonds is 21. The fourth-order valence-corrected chi connectivity index (χ4v) is 3.14. The molecule has 0 amide bonds. The van der Waals surface area contributed by atoms with E-state index in [-0.39, 0.29) is 6.61 Å². The molecule has 1 atom stereocenters. The van der Waals surface area contributed by atoms with Crippen LogP contribution in [-0.2, 0) is 19.1 Å². The van der Waals surface area contributed by atoms with Gasteiger partial charge in [0.2, 0.25) is 0 Å². The Bertz CT molecular complexity index is 386. The van der Waals surface area contributed by atoms with Crippen LogP contribution in [0.25, 0.3) is 0 Å². The zero-order valence-corrected chi connectivity index (χ0v) is 18.5. The Morgan fingerprint density at radius 1 is 0.690 bits per heavy atom. The van der Waals surface area contributed by atoms with Crippen molar-refractivity contribution in [1.29, 1.82) is 0 Å². The van der Waals surface area contributed by atoms with Gasteiger partial charge in [0.1, 0.15) is 12.7 Å². The van der Waals surface area contributed by atoms with Gasteiger partial charge < -0.3 is 19.7 Å². The molecule has 0 fully saturated rings. The minimum absolute atomic E-state index is 0.300. The van der Waals surface area contributed by atoms with Gasteiger partial charge in [0.25, 0.3) is 0 Å². The molecule has 0 saturated carbocycles. The zero-order valence-electron chi connectivity index (χ0n) is 18.5. The van der Waals surface area contributed by atoms with Crippen molar-refractivity contribution in [1.82, 2.24) is 0 Å². The van der Waals surface area contributed by atoms with Gasteiger partial charge in [-0.15, -0.1) is 0 Å². The summed E-state index contributed by atoms with van der Waals surface area (Å²) in [4.78, 5) is 22.8. The van der Waals surface area contributed by atoms with Crippen molar-refractivity contribution in [2.45, 2.75) is 116 Å². The van der Waals surface area contributed by atoms with Crippen LogP contribution in [0.3, 0.4) is 0 Å². The van der Waals surface area contributed by atoms with Crippen molar-refractivity contribution < 1.29 is 29.3 Å². The van der Waals surface area contributed by atoms with Crippen molar-refractivity contribution in [3.05, 3.63) is 0 Å². The van der Waals surface area contributed by atoms with Crippen molar-refractivity contribution >= 4 is 11.9 Å². The Hall–Kier alpha value is -1.14. The number of ether oxygens (including phenoxy) is 2. The lowest BCUT2D eigenvalue weighted by atomic mass is 10.0. The second kappa shape index (κ2) is 21.6. The second-order valence-electron chi connectivity index (χ2n) is 7.88. The molecular weight excluding hydrogens is 372 g/mol. The molecule has 0 aliphatic carbocycles. The summed E-state index contributed by atoms with van der Waals surface area (Å²) in [6.45, 7) is 1.03. The van der Waals surface area contributed by atoms with E-state index in [2.05, 4.69) is 11.7 Å². The molecule has 0 radical (unpaired) electrons. The lowest BCUT2D eigenvalue weighted by Crippen LogP contribution is -2.24. The minimum atomic E-state index is -1.10. The molecule has 0 bridgehead atoms. The van der Waals surface area contributed by atoms with Gasteiger partial charge in [-0.05, 0) is 6.42 Å². The number of hydrogen-bond acceptors (Lipinski definition) is 6. The highest BCUT2D eigenvalue weighted by molar-refractivity contribution is 5.76. The first-order valence-electron chi connectivity index (χ1n) is 11.7. The number of aliphatic hydroxyl groups excluding tert-OH is 2. The molecule has 172 valence electrons. The normalized spacial score (nSPS) is 12.0. The van der Waals surface area contributed by atoms with Crippen LogP contribution in [0.5, 0.6) is 0 Å². The first kappa shape index (κ1) is 27.9. The predicted molar refractivity (Wildman–Crippen MR) is 115 cm³/mol. The summed E-state index contributed by atoms with van der Waals surface area (Å²) in [5.41, 5.74) is 0. The molecule has 0 spiro atoms. The first-order valence-corrected chi connectivity index (χ1v) is 11.7. The molecule has 0 aromatic rings. The van der Waals surface area contributed by atoms with E-state index in [4.69, 9.17) is 14.9 Å². The van der Waals surface area contributed by atoms with Gasteiger partial charge >= 0.3 is 11.9 Å². The van der Waals surface area contributed by atoms with Gasteiger partial charge in [0.15, 0.2) is 6.61 Å². The van der Waals surface area contributed by atoms with Crippen molar-refractivity contribution in [3.8, 4) is 0 Å². The number of unbranched alkanes of at least 4 members (excludes halogenated alkanes) is 14. The molecule has 0 saturated heterocycles. The van der Waals surface area contributed by atoms with Crippen LogP contribution < -0.4 is 0 Å². The highest BCUT2D eigenvalue weighted by Crippen LogP contribution is 2.13. The maximum absolute atomic E-state index is 11.6. The highest BCUT2D eigenvalue weighted by Gasteiger charge is 2.10. The average molecular weight is 417 g/mol. The monoisotopic (exact) mass is 416 g/mol. The van der Waals surface area contributed by atoms with Gasteiger partial charge in [0.05, 0.1) is 6.61 Å². The summed E-state index contributed by atoms with van der Waals surface area (Å²) in [6.07, 6.45) is 18.3. The number of carbonyl (C=O) groups is 2. The van der Waals surface area contributed by atoms with Crippen LogP contribution in [0.4, 0.5) is 0 Å². The smallest absolute Gasteiger partial charge is 0.344 e. The summed E-state index contributed by atoms with van der Waals surface area (Å²) in [5.74, 6) is -1.12. The summed E-state index contributed by atoms with van der Waals surface area (Å²) in [6, 6.07) is 0. The van der Waals surface area contributed by atoms with Gasteiger partial charge in [-0.25, -0.2) is 4.79 Å². The molecule has 6 nitrogen and oxygen atoms in total. The molecule has 6 heteroatoms. The third-order valence-corrected chi connectivity index (χ3v) is 4.98. The van der Waals surface area contributed by atoms with E-state index in [1.165, 1.54) is 77.0 Å². The lowest BCUT2D eigenvalue weighted by Gasteiger charge is -2.08. The van der Waals surface area contributed by atoms with Crippen molar-refractivity contribution in [3.63, 3.8) is 0 Å². The fraction of sp³-hybridized carbons (Fsp3) is 0.913. The second-order valence-corrected chi connectivity index (χ2v) is 7.88. The van der Waals surface area contributed by atoms with Crippen LogP contribution in [0, 0.1) is 0 Å². The Morgan fingerprint density at radius 3 is 1.59 bits per heavy atom. The average Bonchev–Trinajstić information content (AvgIpc) is 2.73. The van der Waals surface area contributed by atoms with E-state index in [0.717, 1.165) is 19.3 Å². The van der Waals surface area contributed by atoms with E-state index < -0.39 is 31.3 Å². The Balaban J connectivity index is 3.27. The first-order chi connectivity index (χ1) is 14.1. The van der Waals surface area contributed by atoms with Gasteiger partial charge in [-0.3, -0.25) is 4.79 Å². The standard InChI is InChI=1S/C23H44O6/c1-2-3-4-5-6-7-8-9-10-11-12-13-14-15-16-17-22(26)29-20-23(27)28-19-21(25)18-24/h21,24-25H,2-20H2,1H3. The molecular formula is C23H44O6. The highest BCUT2D eigenvalue weighted by atomic mass is 16.6. The van der Waals surface area contributed by atoms with E-state index in [9.17, 15) is 9.59 Å². The van der Waals surface area contributed by atoms with Crippen molar-refractivity contribution in [2.24, 2.45) is 0 Å². The topological polar surface area (TPSA) is 93.1 Å². The van der Waals surface area contributed by atoms with Crippen LogP contribution in [-0.4, -0.2) is 48.1 Å². The Morgan fingerprint density at radius 2 is 1.14 bits per heavy atom. The fourth-order valence-electron chi connectivity index (χ4n) is 3.14. The molecule has 0 rings (SSSR count). The summed E-state index contributed by atoms with van der Waals surface area (Å²) in [7, 11) is 0. The van der Waals surface area contributed by atoms with Crippen molar-refractivity contribution in [2.75, 3.05) is 19.8 Å². The lowest BCUT2D eigenvalue weighted by molar-refractivity contribution is -0.161. The molecule has 0 aromatic heterocycles. The number of carbonyl (C=O) groups excluding carboxylic acids is 2. The number of hydrogen-bond donors (Lipinski definition) is 2. The minimum Gasteiger partial charge on any atom is -0.460 e. The Labute approximate surface area is 177 Å². The quantitative estimate of drug-likeness (QED) is 0.208. The maximum Gasteiger partial charge on any atom is 0.344 e. The summed E-state index contributed by atoms with van der Waals surface area (Å²) in [5, 5.41) is 17.7. The summed E-state index contributed by atoms with van der Waals surface area (Å²) >= 11 is 0. The largest absolute Gasteiger partial charge is 0.460 e. The van der Waals surface area contributed by atoms with E-state index in [0.29, 0.717) is 6.42 Å². The van der Waals surface area contributed by atoms with E-state index >= 15 is 0 Å². The predicted octanol–water partition coefficient (Wildman–Crippen LogP) is 4.69. The SMILES string of the molecule is CCCCCCCCCCCCCCCCCC(=O)OCC(=O)OCC(O)CO. The molecule has 0 aromatic carbocycles. The molecule has 2 N–H and O–H groups in total. The van der Waals surface area contributed by atoms with Crippen LogP contribution in [0.15, 0.2) is 0 Å². The van der Waals surface area contributed by atoms with Crippen LogP contribution in [0.2, 0.25) is 0 Å². The number of esters is 2. The maximum atomic E-state index is 11.6. The van der Waals surface area contributed by atoms with Gasteiger partial charge in [-0.1, -0.05) is 96.8 Å².